The van der Waals surface area contributed by atoms with Gasteiger partial charge in [-0.2, -0.15) is 0 Å². The van der Waals surface area contributed by atoms with E-state index in [0.717, 1.165) is 10.9 Å². The molecule has 0 aliphatic heterocycles. The van der Waals surface area contributed by atoms with Crippen molar-refractivity contribution in [1.82, 2.24) is 30.9 Å². The molecular formula is C25H31N7O8. The van der Waals surface area contributed by atoms with Gasteiger partial charge < -0.3 is 47.0 Å². The Morgan fingerprint density at radius 3 is 2.23 bits per heavy atom. The van der Waals surface area contributed by atoms with Crippen LogP contribution in [-0.2, 0) is 36.8 Å². The van der Waals surface area contributed by atoms with Crippen LogP contribution in [0, 0.1) is 0 Å². The summed E-state index contributed by atoms with van der Waals surface area (Å²) < 4.78 is 0. The lowest BCUT2D eigenvalue weighted by Gasteiger charge is -2.24. The molecule has 10 N–H and O–H groups in total. The van der Waals surface area contributed by atoms with E-state index in [-0.39, 0.29) is 12.8 Å². The van der Waals surface area contributed by atoms with Crippen molar-refractivity contribution in [2.75, 3.05) is 6.61 Å². The number of carboxylic acid groups (broad SMARTS) is 2. The smallest absolute Gasteiger partial charge is 0.326 e. The molecule has 0 spiro atoms. The maximum Gasteiger partial charge on any atom is 0.326 e. The predicted molar refractivity (Wildman–Crippen MR) is 140 cm³/mol. The minimum atomic E-state index is -1.58. The Morgan fingerprint density at radius 2 is 1.57 bits per heavy atom. The third kappa shape index (κ3) is 8.12. The highest BCUT2D eigenvalue weighted by atomic mass is 16.4. The summed E-state index contributed by atoms with van der Waals surface area (Å²) in [7, 11) is 0. The molecule has 4 atom stereocenters. The van der Waals surface area contributed by atoms with Gasteiger partial charge in [0.15, 0.2) is 0 Å². The topological polar surface area (TPSA) is 253 Å². The summed E-state index contributed by atoms with van der Waals surface area (Å²) in [5.41, 5.74) is 8.12. The second kappa shape index (κ2) is 13.9. The van der Waals surface area contributed by atoms with Crippen LogP contribution in [0.25, 0.3) is 10.9 Å². The molecule has 0 aliphatic carbocycles. The Bertz CT molecular complexity index is 1340. The van der Waals surface area contributed by atoms with E-state index in [1.165, 1.54) is 12.5 Å². The first-order chi connectivity index (χ1) is 19.1. The highest BCUT2D eigenvalue weighted by Crippen LogP contribution is 2.19. The van der Waals surface area contributed by atoms with Gasteiger partial charge in [0.1, 0.15) is 18.1 Å². The molecule has 0 saturated carbocycles. The largest absolute Gasteiger partial charge is 0.481 e. The van der Waals surface area contributed by atoms with E-state index in [0.29, 0.717) is 11.3 Å². The zero-order chi connectivity index (χ0) is 29.2. The lowest BCUT2D eigenvalue weighted by Crippen LogP contribution is -2.58. The molecule has 1 aromatic carbocycles. The summed E-state index contributed by atoms with van der Waals surface area (Å²) in [4.78, 5) is 70.9. The summed E-state index contributed by atoms with van der Waals surface area (Å²) in [6.45, 7) is -0.893. The summed E-state index contributed by atoms with van der Waals surface area (Å²) in [6, 6.07) is 1.89. The molecule has 2 heterocycles. The molecule has 3 aromatic rings. The number of carbonyl (C=O) groups excluding carboxylic acids is 3. The number of aliphatic carboxylic acids is 2. The number of nitrogens with one attached hydrogen (secondary N) is 5. The molecule has 3 amide bonds. The standard InChI is InChI=1S/C25H31N7O8/c26-16(8-14-10-27-12-29-14)22(36)31-19(7-13-9-28-17-4-2-1-3-15(13)17)23(37)32-20(11-33)24(38)30-18(25(39)40)5-6-21(34)35/h1-4,9-10,12,16,18-20,28,33H,5-8,11,26H2,(H,27,29)(H,30,38)(H,31,36)(H,32,37)(H,34,35)(H,39,40). The Morgan fingerprint density at radius 1 is 0.900 bits per heavy atom. The third-order valence-electron chi connectivity index (χ3n) is 6.14. The second-order valence-corrected chi connectivity index (χ2v) is 9.09. The zero-order valence-corrected chi connectivity index (χ0v) is 21.3. The average Bonchev–Trinajstić information content (AvgIpc) is 3.58. The van der Waals surface area contributed by atoms with Gasteiger partial charge in [-0.1, -0.05) is 18.2 Å². The number of aliphatic hydroxyl groups is 1. The van der Waals surface area contributed by atoms with Crippen LogP contribution in [0.4, 0.5) is 0 Å². The van der Waals surface area contributed by atoms with Crippen molar-refractivity contribution in [2.45, 2.75) is 49.9 Å². The van der Waals surface area contributed by atoms with E-state index in [1.54, 1.807) is 6.20 Å². The first-order valence-electron chi connectivity index (χ1n) is 12.3. The van der Waals surface area contributed by atoms with Gasteiger partial charge in [-0.05, 0) is 18.1 Å². The van der Waals surface area contributed by atoms with Gasteiger partial charge in [0.2, 0.25) is 17.7 Å². The molecule has 0 aliphatic rings. The fourth-order valence-corrected chi connectivity index (χ4v) is 4.00. The third-order valence-corrected chi connectivity index (χ3v) is 6.14. The molecule has 0 fully saturated rings. The normalized spacial score (nSPS) is 14.1. The van der Waals surface area contributed by atoms with Crippen molar-refractivity contribution in [3.63, 3.8) is 0 Å². The number of aliphatic hydroxyl groups excluding tert-OH is 1. The lowest BCUT2D eigenvalue weighted by atomic mass is 10.0. The number of nitrogens with zero attached hydrogens (tertiary/aromatic N) is 1. The van der Waals surface area contributed by atoms with Gasteiger partial charge in [0.05, 0.1) is 19.0 Å². The summed E-state index contributed by atoms with van der Waals surface area (Å²) in [5.74, 6) is -5.26. The van der Waals surface area contributed by atoms with Crippen LogP contribution < -0.4 is 21.7 Å². The fraction of sp³-hybridized carbons (Fsp3) is 0.360. The van der Waals surface area contributed by atoms with Crippen molar-refractivity contribution in [1.29, 1.82) is 0 Å². The molecule has 2 aromatic heterocycles. The number of aromatic amines is 2. The van der Waals surface area contributed by atoms with Crippen LogP contribution >= 0.6 is 0 Å². The number of benzene rings is 1. The molecule has 0 saturated heterocycles. The van der Waals surface area contributed by atoms with Gasteiger partial charge >= 0.3 is 11.9 Å². The second-order valence-electron chi connectivity index (χ2n) is 9.09. The van der Waals surface area contributed by atoms with E-state index in [1.807, 2.05) is 24.3 Å². The quantitative estimate of drug-likeness (QED) is 0.103. The van der Waals surface area contributed by atoms with E-state index < -0.39 is 73.3 Å². The Labute approximate surface area is 227 Å². The molecular weight excluding hydrogens is 526 g/mol. The maximum absolute atomic E-state index is 13.3. The van der Waals surface area contributed by atoms with Crippen LogP contribution in [0.3, 0.4) is 0 Å². The first kappa shape index (κ1) is 29.8. The number of carboxylic acids is 2. The molecule has 15 heteroatoms. The number of nitrogens with two attached hydrogens (primary N) is 1. The number of para-hydroxylation sites is 1. The minimum absolute atomic E-state index is 0.00546. The van der Waals surface area contributed by atoms with Crippen LogP contribution in [-0.4, -0.2) is 90.7 Å². The van der Waals surface area contributed by atoms with Crippen molar-refractivity contribution >= 4 is 40.6 Å². The Kier molecular flexibility index (Phi) is 10.3. The van der Waals surface area contributed by atoms with Crippen LogP contribution in [0.15, 0.2) is 43.0 Å². The first-order valence-corrected chi connectivity index (χ1v) is 12.3. The summed E-state index contributed by atoms with van der Waals surface area (Å²) >= 11 is 0. The molecule has 0 bridgehead atoms. The number of imidazole rings is 1. The van der Waals surface area contributed by atoms with Crippen molar-refractivity contribution < 1.29 is 39.3 Å². The molecule has 4 unspecified atom stereocenters. The predicted octanol–water partition coefficient (Wildman–Crippen LogP) is -1.60. The minimum Gasteiger partial charge on any atom is -0.481 e. The van der Waals surface area contributed by atoms with E-state index >= 15 is 0 Å². The van der Waals surface area contributed by atoms with Gasteiger partial charge in [-0.3, -0.25) is 19.2 Å². The highest BCUT2D eigenvalue weighted by Gasteiger charge is 2.31. The van der Waals surface area contributed by atoms with E-state index in [2.05, 4.69) is 30.9 Å². The van der Waals surface area contributed by atoms with Crippen LogP contribution in [0.1, 0.15) is 24.1 Å². The van der Waals surface area contributed by atoms with Gasteiger partial charge in [0.25, 0.3) is 0 Å². The van der Waals surface area contributed by atoms with Crippen LogP contribution in [0.2, 0.25) is 0 Å². The number of hydrogen-bond donors (Lipinski definition) is 9. The molecule has 214 valence electrons. The van der Waals surface area contributed by atoms with Crippen LogP contribution in [0.5, 0.6) is 0 Å². The monoisotopic (exact) mass is 557 g/mol. The number of rotatable bonds is 15. The van der Waals surface area contributed by atoms with E-state index in [9.17, 15) is 34.2 Å². The van der Waals surface area contributed by atoms with Crippen molar-refractivity contribution in [3.8, 4) is 0 Å². The van der Waals surface area contributed by atoms with Gasteiger partial charge in [0, 0.05) is 48.3 Å². The zero-order valence-electron chi connectivity index (χ0n) is 21.3. The number of H-pyrrole nitrogens is 2. The van der Waals surface area contributed by atoms with Gasteiger partial charge in [-0.15, -0.1) is 0 Å². The number of aromatic nitrogens is 3. The number of fused-ring (bicyclic) bond motifs is 1. The molecule has 40 heavy (non-hydrogen) atoms. The van der Waals surface area contributed by atoms with Crippen molar-refractivity contribution in [2.24, 2.45) is 5.73 Å². The van der Waals surface area contributed by atoms with E-state index in [4.69, 9.17) is 10.8 Å². The molecule has 0 radical (unpaired) electrons. The Hall–Kier alpha value is -4.76. The fourth-order valence-electron chi connectivity index (χ4n) is 4.00. The Balaban J connectivity index is 1.76. The van der Waals surface area contributed by atoms with Crippen molar-refractivity contribution in [3.05, 3.63) is 54.2 Å². The molecule has 3 rings (SSSR count). The SMILES string of the molecule is NC(Cc1cnc[nH]1)C(=O)NC(Cc1c[nH]c2ccccc12)C(=O)NC(CO)C(=O)NC(CCC(=O)O)C(=O)O. The highest BCUT2D eigenvalue weighted by molar-refractivity contribution is 5.95. The number of amides is 3. The maximum atomic E-state index is 13.3. The van der Waals surface area contributed by atoms with Gasteiger partial charge in [-0.25, -0.2) is 9.78 Å². The summed E-state index contributed by atoms with van der Waals surface area (Å²) in [6.07, 6.45) is 3.80. The lowest BCUT2D eigenvalue weighted by molar-refractivity contribution is -0.143. The number of hydrogen-bond acceptors (Lipinski definition) is 8. The molecule has 15 nitrogen and oxygen atoms in total. The summed E-state index contributed by atoms with van der Waals surface area (Å²) in [5, 5.41) is 35.7. The average molecular weight is 558 g/mol. The number of carbonyl (C=O) groups is 5.